The molecular formula is C13H18N2O3. The molecule has 0 heterocycles. The van der Waals surface area contributed by atoms with Gasteiger partial charge in [-0.25, -0.2) is 4.79 Å². The Morgan fingerprint density at radius 1 is 1.39 bits per heavy atom. The summed E-state index contributed by atoms with van der Waals surface area (Å²) in [6.45, 7) is 2.15. The molecule has 0 aliphatic carbocycles. The van der Waals surface area contributed by atoms with Crippen LogP contribution in [0, 0.1) is 4.91 Å². The van der Waals surface area contributed by atoms with E-state index in [0.29, 0.717) is 10.8 Å². The first-order chi connectivity index (χ1) is 8.67. The number of unbranched alkanes of at least 4 members (excludes halogenated alkanes) is 2. The second-order valence-corrected chi connectivity index (χ2v) is 4.08. The lowest BCUT2D eigenvalue weighted by Crippen LogP contribution is -2.24. The van der Waals surface area contributed by atoms with Crippen molar-refractivity contribution in [3.8, 4) is 5.75 Å². The van der Waals surface area contributed by atoms with E-state index in [1.165, 1.54) is 19.9 Å². The molecule has 1 aromatic carbocycles. The summed E-state index contributed by atoms with van der Waals surface area (Å²) in [5.41, 5.74) is 1.12. The zero-order valence-electron chi connectivity index (χ0n) is 10.8. The minimum absolute atomic E-state index is 0.435. The number of carbonyl (C=O) groups excluding carboxylic acids is 1. The van der Waals surface area contributed by atoms with Crippen molar-refractivity contribution < 1.29 is 9.53 Å². The maximum absolute atomic E-state index is 11.3. The highest BCUT2D eigenvalue weighted by Gasteiger charge is 2.11. The molecule has 98 valence electrons. The van der Waals surface area contributed by atoms with E-state index >= 15 is 0 Å². The van der Waals surface area contributed by atoms with Gasteiger partial charge in [0.15, 0.2) is 0 Å². The zero-order chi connectivity index (χ0) is 13.4. The van der Waals surface area contributed by atoms with Crippen LogP contribution in [0.4, 0.5) is 4.79 Å². The molecule has 0 aromatic heterocycles. The van der Waals surface area contributed by atoms with Gasteiger partial charge in [-0.2, -0.15) is 5.01 Å². The number of hydrogen-bond acceptors (Lipinski definition) is 4. The minimum atomic E-state index is -0.782. The van der Waals surface area contributed by atoms with Gasteiger partial charge in [0.2, 0.25) is 0 Å². The van der Waals surface area contributed by atoms with Gasteiger partial charge in [0.1, 0.15) is 5.75 Å². The number of nitrogens with zero attached hydrogens (tertiary/aromatic N) is 2. The second-order valence-electron chi connectivity index (χ2n) is 4.08. The Morgan fingerprint density at radius 2 is 2.17 bits per heavy atom. The number of nitroso groups, excluding NO2 is 1. The quantitative estimate of drug-likeness (QED) is 0.441. The maximum Gasteiger partial charge on any atom is 0.438 e. The van der Waals surface area contributed by atoms with Crippen LogP contribution < -0.4 is 4.74 Å². The van der Waals surface area contributed by atoms with Gasteiger partial charge in [-0.15, -0.1) is 4.91 Å². The van der Waals surface area contributed by atoms with Gasteiger partial charge in [-0.1, -0.05) is 31.9 Å². The van der Waals surface area contributed by atoms with Crippen molar-refractivity contribution in [2.24, 2.45) is 5.29 Å². The largest absolute Gasteiger partial charge is 0.438 e. The molecule has 0 unspecified atom stereocenters. The summed E-state index contributed by atoms with van der Waals surface area (Å²) in [5.74, 6) is 0.435. The van der Waals surface area contributed by atoms with Gasteiger partial charge >= 0.3 is 6.09 Å². The molecule has 0 atom stereocenters. The normalized spacial score (nSPS) is 9.89. The van der Waals surface area contributed by atoms with Crippen LogP contribution in [0.25, 0.3) is 0 Å². The molecule has 0 N–H and O–H groups in total. The molecule has 0 aliphatic rings. The molecule has 1 rings (SSSR count). The van der Waals surface area contributed by atoms with Gasteiger partial charge in [0.05, 0.1) is 5.29 Å². The predicted octanol–water partition coefficient (Wildman–Crippen LogP) is 3.53. The third kappa shape index (κ3) is 4.53. The third-order valence-electron chi connectivity index (χ3n) is 2.56. The monoisotopic (exact) mass is 250 g/mol. The summed E-state index contributed by atoms with van der Waals surface area (Å²) >= 11 is 0. The number of carbonyl (C=O) groups is 1. The molecular weight excluding hydrogens is 232 g/mol. The molecule has 18 heavy (non-hydrogen) atoms. The van der Waals surface area contributed by atoms with Gasteiger partial charge < -0.3 is 4.74 Å². The number of benzene rings is 1. The van der Waals surface area contributed by atoms with E-state index in [4.69, 9.17) is 4.74 Å². The smallest absolute Gasteiger partial charge is 0.409 e. The summed E-state index contributed by atoms with van der Waals surface area (Å²) in [4.78, 5) is 21.5. The summed E-state index contributed by atoms with van der Waals surface area (Å²) in [6.07, 6.45) is 3.65. The molecule has 0 saturated heterocycles. The molecule has 0 spiro atoms. The van der Waals surface area contributed by atoms with E-state index in [1.807, 2.05) is 18.2 Å². The Balaban J connectivity index is 2.58. The molecule has 0 fully saturated rings. The highest BCUT2D eigenvalue weighted by molar-refractivity contribution is 5.69. The minimum Gasteiger partial charge on any atom is -0.409 e. The lowest BCUT2D eigenvalue weighted by Gasteiger charge is -2.09. The first-order valence-corrected chi connectivity index (χ1v) is 6.05. The molecule has 0 bridgehead atoms. The number of amides is 1. The van der Waals surface area contributed by atoms with Crippen LogP contribution >= 0.6 is 0 Å². The molecule has 0 saturated carbocycles. The Labute approximate surface area is 107 Å². The fourth-order valence-corrected chi connectivity index (χ4v) is 1.54. The number of hydrogen-bond donors (Lipinski definition) is 0. The van der Waals surface area contributed by atoms with Crippen LogP contribution in [0.2, 0.25) is 0 Å². The van der Waals surface area contributed by atoms with Gasteiger partial charge in [0.25, 0.3) is 0 Å². The molecule has 1 amide bonds. The molecule has 5 heteroatoms. The Morgan fingerprint density at radius 3 is 2.83 bits per heavy atom. The SMILES string of the molecule is CCCCCc1cccc(OC(=O)N(C)N=O)c1. The van der Waals surface area contributed by atoms with E-state index in [1.54, 1.807) is 6.07 Å². The van der Waals surface area contributed by atoms with Crippen molar-refractivity contribution in [3.05, 3.63) is 34.7 Å². The van der Waals surface area contributed by atoms with Crippen LogP contribution in [0.1, 0.15) is 31.7 Å². The molecule has 5 nitrogen and oxygen atoms in total. The number of ether oxygens (including phenoxy) is 1. The lowest BCUT2D eigenvalue weighted by molar-refractivity contribution is 0.164. The second kappa shape index (κ2) is 7.42. The Bertz CT molecular complexity index is 407. The zero-order valence-corrected chi connectivity index (χ0v) is 10.8. The van der Waals surface area contributed by atoms with Crippen molar-refractivity contribution in [3.63, 3.8) is 0 Å². The molecule has 1 aromatic rings. The average Bonchev–Trinajstić information content (AvgIpc) is 2.38. The fourth-order valence-electron chi connectivity index (χ4n) is 1.54. The highest BCUT2D eigenvalue weighted by atomic mass is 16.6. The molecule has 0 aliphatic heterocycles. The third-order valence-corrected chi connectivity index (χ3v) is 2.56. The summed E-state index contributed by atoms with van der Waals surface area (Å²) in [5, 5.41) is 3.09. The summed E-state index contributed by atoms with van der Waals surface area (Å²) in [6, 6.07) is 7.32. The van der Waals surface area contributed by atoms with Crippen LogP contribution in [0.15, 0.2) is 29.6 Å². The Kier molecular flexibility index (Phi) is 5.84. The van der Waals surface area contributed by atoms with Crippen LogP contribution in [-0.4, -0.2) is 18.1 Å². The maximum atomic E-state index is 11.3. The van der Waals surface area contributed by atoms with Crippen molar-refractivity contribution in [1.29, 1.82) is 0 Å². The summed E-state index contributed by atoms with van der Waals surface area (Å²) < 4.78 is 5.01. The first kappa shape index (κ1) is 14.2. The molecule has 0 radical (unpaired) electrons. The van der Waals surface area contributed by atoms with Gasteiger partial charge in [0, 0.05) is 7.05 Å². The Hall–Kier alpha value is -1.91. The topological polar surface area (TPSA) is 59.0 Å². The van der Waals surface area contributed by atoms with E-state index in [-0.39, 0.29) is 0 Å². The first-order valence-electron chi connectivity index (χ1n) is 6.05. The van der Waals surface area contributed by atoms with E-state index in [0.717, 1.165) is 18.4 Å². The van der Waals surface area contributed by atoms with Gasteiger partial charge in [-0.3, -0.25) is 0 Å². The number of rotatable bonds is 6. The van der Waals surface area contributed by atoms with Crippen molar-refractivity contribution in [2.45, 2.75) is 32.6 Å². The van der Waals surface area contributed by atoms with Crippen LogP contribution in [0.5, 0.6) is 5.75 Å². The summed E-state index contributed by atoms with van der Waals surface area (Å²) in [7, 11) is 1.25. The van der Waals surface area contributed by atoms with Crippen molar-refractivity contribution in [2.75, 3.05) is 7.05 Å². The van der Waals surface area contributed by atoms with E-state index in [9.17, 15) is 9.70 Å². The van der Waals surface area contributed by atoms with Gasteiger partial charge in [-0.05, 0) is 30.5 Å². The fraction of sp³-hybridized carbons (Fsp3) is 0.462. The van der Waals surface area contributed by atoms with E-state index < -0.39 is 6.09 Å². The van der Waals surface area contributed by atoms with E-state index in [2.05, 4.69) is 12.2 Å². The standard InChI is InChI=1S/C13H18N2O3/c1-3-4-5-7-11-8-6-9-12(10-11)18-13(16)15(2)14-17/h6,8-10H,3-5,7H2,1-2H3. The highest BCUT2D eigenvalue weighted by Crippen LogP contribution is 2.16. The lowest BCUT2D eigenvalue weighted by atomic mass is 10.1. The average molecular weight is 250 g/mol. The van der Waals surface area contributed by atoms with Crippen molar-refractivity contribution in [1.82, 2.24) is 5.01 Å². The van der Waals surface area contributed by atoms with Crippen LogP contribution in [-0.2, 0) is 6.42 Å². The van der Waals surface area contributed by atoms with Crippen LogP contribution in [0.3, 0.4) is 0 Å². The van der Waals surface area contributed by atoms with Crippen molar-refractivity contribution >= 4 is 6.09 Å². The number of aryl methyl sites for hydroxylation is 1. The predicted molar refractivity (Wildman–Crippen MR) is 69.3 cm³/mol.